The second kappa shape index (κ2) is 55.7. The van der Waals surface area contributed by atoms with Crippen LogP contribution in [0.15, 0.2) is 11.6 Å². The van der Waals surface area contributed by atoms with Gasteiger partial charge in [-0.3, -0.25) is 19.2 Å². The van der Waals surface area contributed by atoms with Crippen molar-refractivity contribution in [1.29, 1.82) is 0 Å². The van der Waals surface area contributed by atoms with Crippen molar-refractivity contribution in [3.63, 3.8) is 0 Å². The Bertz CT molecular complexity index is 966. The summed E-state index contributed by atoms with van der Waals surface area (Å²) in [5.41, 5.74) is 6.53. The van der Waals surface area contributed by atoms with E-state index < -0.39 is 15.7 Å². The van der Waals surface area contributed by atoms with Crippen LogP contribution in [0, 0.1) is 24.7 Å². The standard InChI is InChI=1S/C8H15NOSi.C6H9NO2.C6H9NOSi.C5H9NO2Si.2C2H6.CH4O.9CH4/c1-6(2)4-7-5-8(10)9(7)11-3;1-3-5(7)4-6(8)9-2;1-3-5-4-6(8)7(5)9-2;1-9-6-4(3-7)2-5(6)8;3*1-2;;;;;;;;;/h4,7H,5,11H2,1-3H3;1,5H,4,7H2,2H3;1,5H,4,9H2,2H3;3-4H,2,9H2,1H3;2*1-2H3;2H,1H3;9*1H4/t;2*5-;;;;;;;;;;;;;/m.11............./s1. The van der Waals surface area contributed by atoms with Gasteiger partial charge in [-0.15, -0.1) is 12.8 Å². The van der Waals surface area contributed by atoms with Gasteiger partial charge in [0.1, 0.15) is 35.3 Å². The maximum absolute atomic E-state index is 11.0. The van der Waals surface area contributed by atoms with Gasteiger partial charge in [0.05, 0.1) is 50.5 Å². The van der Waals surface area contributed by atoms with Crippen LogP contribution in [0.2, 0.25) is 19.6 Å². The number of β-lactam (4-membered cyclic amide) rings is 3. The number of aliphatic hydroxyl groups is 1. The molecule has 3 saturated heterocycles. The number of allylic oxidation sites excluding steroid dienone is 1. The Morgan fingerprint density at radius 1 is 0.792 bits per heavy atom. The second-order valence-electron chi connectivity index (χ2n) is 8.90. The van der Waals surface area contributed by atoms with Crippen LogP contribution in [-0.4, -0.2) is 116 Å². The van der Waals surface area contributed by atoms with Crippen LogP contribution in [0.5, 0.6) is 0 Å². The summed E-state index contributed by atoms with van der Waals surface area (Å²) in [5, 5.41) is 7.00. The molecule has 14 heteroatoms. The van der Waals surface area contributed by atoms with Gasteiger partial charge in [-0.2, -0.15) is 0 Å². The van der Waals surface area contributed by atoms with Crippen molar-refractivity contribution in [2.24, 2.45) is 5.73 Å². The number of rotatable bonds is 7. The first-order valence-electron chi connectivity index (χ1n) is 15.1. The molecule has 3 N–H and O–H groups in total. The fourth-order valence-electron chi connectivity index (χ4n) is 3.76. The molecule has 0 aliphatic carbocycles. The highest BCUT2D eigenvalue weighted by Gasteiger charge is 2.34. The van der Waals surface area contributed by atoms with Crippen molar-refractivity contribution in [3.05, 3.63) is 11.6 Å². The predicted octanol–water partition coefficient (Wildman–Crippen LogP) is 5.85. The van der Waals surface area contributed by atoms with E-state index in [2.05, 4.69) is 49.6 Å². The van der Waals surface area contributed by atoms with E-state index in [9.17, 15) is 24.0 Å². The first-order valence-corrected chi connectivity index (χ1v) is 21.3. The van der Waals surface area contributed by atoms with Crippen molar-refractivity contribution in [2.45, 2.75) is 178 Å². The number of esters is 1. The van der Waals surface area contributed by atoms with E-state index in [1.807, 2.05) is 43.4 Å². The van der Waals surface area contributed by atoms with Crippen LogP contribution in [0.25, 0.3) is 0 Å². The number of aliphatic hydroxyl groups excluding tert-OH is 1. The van der Waals surface area contributed by atoms with E-state index in [0.29, 0.717) is 24.8 Å². The van der Waals surface area contributed by atoms with Crippen molar-refractivity contribution in [2.75, 3.05) is 14.2 Å². The van der Waals surface area contributed by atoms with Crippen LogP contribution < -0.4 is 5.73 Å². The monoisotopic (exact) mass is 815 g/mol. The molecule has 53 heavy (non-hydrogen) atoms. The Labute approximate surface area is 339 Å². The van der Waals surface area contributed by atoms with Gasteiger partial charge in [-0.05, 0) is 13.8 Å². The molecule has 3 rings (SSSR count). The number of methoxy groups -OCH3 is 1. The molecule has 0 saturated carbocycles. The first-order chi connectivity index (χ1) is 20.9. The molecule has 0 bridgehead atoms. The summed E-state index contributed by atoms with van der Waals surface area (Å²) in [7, 11) is 1.26. The number of nitrogens with two attached hydrogens (primary N) is 1. The van der Waals surface area contributed by atoms with E-state index >= 15 is 0 Å². The molecule has 0 spiro atoms. The number of hydrogen-bond acceptors (Lipinski definition) is 8. The van der Waals surface area contributed by atoms with Crippen molar-refractivity contribution in [3.8, 4) is 24.7 Å². The summed E-state index contributed by atoms with van der Waals surface area (Å²) in [6, 6.07) is 0.0185. The first kappa shape index (κ1) is 87.7. The molecule has 2 unspecified atom stereocenters. The molecule has 3 heterocycles. The summed E-state index contributed by atoms with van der Waals surface area (Å²) in [6.07, 6.45) is 14.9. The van der Waals surface area contributed by atoms with Crippen LogP contribution in [0.4, 0.5) is 0 Å². The minimum absolute atomic E-state index is 0. The number of hydrogen-bond donors (Lipinski definition) is 2. The van der Waals surface area contributed by atoms with Gasteiger partial charge in [0.15, 0.2) is 0 Å². The van der Waals surface area contributed by atoms with Gasteiger partial charge < -0.3 is 34.1 Å². The molecule has 11 nitrogen and oxygen atoms in total. The normalized spacial score (nSPS) is 16.4. The van der Waals surface area contributed by atoms with Crippen molar-refractivity contribution >= 4 is 59.0 Å². The Morgan fingerprint density at radius 2 is 1.13 bits per heavy atom. The lowest BCUT2D eigenvalue weighted by Crippen LogP contribution is -2.54. The molecule has 3 amide bonds. The number of nitrogens with zero attached hydrogens (tertiary/aromatic N) is 3. The highest BCUT2D eigenvalue weighted by molar-refractivity contribution is 6.37. The molecule has 0 aromatic heterocycles. The fraction of sp³-hybridized carbons (Fsp3) is 0.718. The van der Waals surface area contributed by atoms with Crippen molar-refractivity contribution < 1.29 is 33.8 Å². The number of aldehydes is 1. The Morgan fingerprint density at radius 3 is 1.34 bits per heavy atom. The van der Waals surface area contributed by atoms with E-state index in [1.54, 1.807) is 4.57 Å². The second-order valence-corrected chi connectivity index (χ2v) is 12.8. The minimum atomic E-state index is -0.516. The van der Waals surface area contributed by atoms with E-state index in [1.165, 1.54) is 12.7 Å². The van der Waals surface area contributed by atoms with Crippen molar-refractivity contribution in [1.82, 2.24) is 13.7 Å². The van der Waals surface area contributed by atoms with Crippen LogP contribution in [-0.2, 0) is 28.7 Å². The zero-order chi connectivity index (χ0) is 35.4. The van der Waals surface area contributed by atoms with E-state index in [-0.39, 0.29) is 122 Å². The fourth-order valence-corrected chi connectivity index (χ4v) is 7.26. The van der Waals surface area contributed by atoms with Crippen LogP contribution in [0.3, 0.4) is 0 Å². The summed E-state index contributed by atoms with van der Waals surface area (Å²) >= 11 is 0. The predicted molar refractivity (Wildman–Crippen MR) is 248 cm³/mol. The zero-order valence-electron chi connectivity index (χ0n) is 28.9. The van der Waals surface area contributed by atoms with Gasteiger partial charge >= 0.3 is 5.97 Å². The quantitative estimate of drug-likeness (QED) is 0.0812. The lowest BCUT2D eigenvalue weighted by Gasteiger charge is -2.38. The third-order valence-corrected chi connectivity index (χ3v) is 10.5. The Kier molecular flexibility index (Phi) is 92.2. The largest absolute Gasteiger partial charge is 0.469 e. The van der Waals surface area contributed by atoms with Gasteiger partial charge in [0.2, 0.25) is 17.7 Å². The summed E-state index contributed by atoms with van der Waals surface area (Å²) in [4.78, 5) is 52.8. The number of carbonyl (C=O) groups excluding carboxylic acids is 5. The van der Waals surface area contributed by atoms with Gasteiger partial charge in [-0.25, -0.2) is 0 Å². The maximum atomic E-state index is 11.0. The van der Waals surface area contributed by atoms with E-state index in [0.717, 1.165) is 19.8 Å². The lowest BCUT2D eigenvalue weighted by atomic mass is 10.0. The average molecular weight is 815 g/mol. The lowest BCUT2D eigenvalue weighted by molar-refractivity contribution is -0.141. The maximum Gasteiger partial charge on any atom is 0.308 e. The summed E-state index contributed by atoms with van der Waals surface area (Å²) < 4.78 is 9.88. The van der Waals surface area contributed by atoms with Crippen LogP contribution >= 0.6 is 0 Å². The molecular formula is C39H94N4O7Si3. The minimum Gasteiger partial charge on any atom is -0.469 e. The number of ether oxygens (including phenoxy) is 1. The summed E-state index contributed by atoms with van der Waals surface area (Å²) in [5.74, 6) is 5.15. The average Bonchev–Trinajstić information content (AvgIpc) is 3.02. The molecule has 0 radical (unpaired) electrons. The highest BCUT2D eigenvalue weighted by atomic mass is 28.2. The smallest absolute Gasteiger partial charge is 0.308 e. The van der Waals surface area contributed by atoms with Crippen LogP contribution in [0.1, 0.15) is 134 Å². The topological polar surface area (TPSA) is 151 Å². The molecule has 0 aromatic rings. The number of terminal acetylenes is 2. The molecule has 3 fully saturated rings. The number of amides is 3. The Balaban J connectivity index is -0.0000000332. The number of carbonyl (C=O) groups is 5. The Hall–Kier alpha value is -3.02. The van der Waals surface area contributed by atoms with Gasteiger partial charge in [0.25, 0.3) is 0 Å². The molecule has 0 aromatic carbocycles. The van der Waals surface area contributed by atoms with E-state index in [4.69, 9.17) is 23.7 Å². The summed E-state index contributed by atoms with van der Waals surface area (Å²) in [6.45, 7) is 18.4. The molecule has 324 valence electrons. The SMILES string of the molecule is C.C.C.C.C.C.C.C.C.C#C[C@@H](N)CC(=O)OC.C#C[C@@H]1CC(=O)N1[SiH2]C.CC.CC.CO.C[SiH2]N1C(=O)CC1C=C(C)C.C[SiH2]N1C(=O)CC1C=O. The highest BCUT2D eigenvalue weighted by Crippen LogP contribution is 2.20. The zero-order valence-corrected chi connectivity index (χ0v) is 33.1. The van der Waals surface area contributed by atoms with Gasteiger partial charge in [0, 0.05) is 13.5 Å². The molecule has 3 aliphatic rings. The molecule has 4 atom stereocenters. The molecule has 3 aliphatic heterocycles. The third kappa shape index (κ3) is 35.8. The third-order valence-electron chi connectivity index (χ3n) is 6.00. The molecular weight excluding hydrogens is 721 g/mol. The van der Waals surface area contributed by atoms with Gasteiger partial charge in [-0.1, -0.05) is 138 Å².